The van der Waals surface area contributed by atoms with Crippen LogP contribution >= 0.6 is 12.4 Å². The number of amides is 1. The zero-order valence-corrected chi connectivity index (χ0v) is 17.8. The molecule has 2 rings (SSSR count). The normalized spacial score (nSPS) is 10.5. The van der Waals surface area contributed by atoms with E-state index in [1.165, 1.54) is 18.2 Å². The van der Waals surface area contributed by atoms with Crippen molar-refractivity contribution in [3.05, 3.63) is 64.4 Å². The Hall–Kier alpha value is -3.76. The van der Waals surface area contributed by atoms with Crippen molar-refractivity contribution in [2.75, 3.05) is 25.0 Å². The Labute approximate surface area is 193 Å². The summed E-state index contributed by atoms with van der Waals surface area (Å²) in [5.41, 5.74) is 5.49. The molecule has 0 unspecified atom stereocenters. The highest BCUT2D eigenvalue weighted by molar-refractivity contribution is 5.85. The third-order valence-electron chi connectivity index (χ3n) is 4.11. The van der Waals surface area contributed by atoms with Crippen LogP contribution in [0.2, 0.25) is 0 Å². The summed E-state index contributed by atoms with van der Waals surface area (Å²) < 4.78 is 43.7. The van der Waals surface area contributed by atoms with Crippen LogP contribution in [-0.4, -0.2) is 31.6 Å². The van der Waals surface area contributed by atoms with Crippen molar-refractivity contribution in [3.63, 3.8) is 0 Å². The molecule has 0 radical (unpaired) electrons. The average molecular weight is 488 g/mol. The lowest BCUT2D eigenvalue weighted by atomic mass is 10.0. The second kappa shape index (κ2) is 12.3. The molecule has 1 aromatic heterocycles. The van der Waals surface area contributed by atoms with E-state index < -0.39 is 42.3 Å². The lowest BCUT2D eigenvalue weighted by Crippen LogP contribution is -2.40. The molecule has 1 aromatic carbocycles. The first-order chi connectivity index (χ1) is 15.2. The van der Waals surface area contributed by atoms with Crippen molar-refractivity contribution >= 4 is 30.0 Å². The van der Waals surface area contributed by atoms with Crippen LogP contribution in [0.15, 0.2) is 36.5 Å². The fourth-order valence-electron chi connectivity index (χ4n) is 2.64. The second-order valence-electron chi connectivity index (χ2n) is 6.43. The van der Waals surface area contributed by atoms with E-state index in [2.05, 4.69) is 16.1 Å². The number of hydroxylamine groups is 1. The number of nitriles is 1. The zero-order valence-electron chi connectivity index (χ0n) is 17.0. The van der Waals surface area contributed by atoms with Crippen LogP contribution in [0.5, 0.6) is 0 Å². The standard InChI is InChI=1S/C19H20F3N7O3.ClH/c20-17-13(9-16(30)26-6-8-32-28-18(24)25)12(10-23)4-5-14(17)27-11-19(21,22)15-3-1-2-7-29(15)31;/h1-5,7,27H,6,8-9,11H2,(H,26,30)(H4,24,25,28);1H. The van der Waals surface area contributed by atoms with Crippen molar-refractivity contribution in [2.24, 2.45) is 5.73 Å². The molecule has 33 heavy (non-hydrogen) atoms. The molecule has 2 aromatic rings. The smallest absolute Gasteiger partial charge is 0.347 e. The fourth-order valence-corrected chi connectivity index (χ4v) is 2.64. The predicted molar refractivity (Wildman–Crippen MR) is 114 cm³/mol. The number of carbonyl (C=O) groups is 1. The Morgan fingerprint density at radius 2 is 2.06 bits per heavy atom. The molecule has 0 atom stereocenters. The SMILES string of the molecule is Cl.N#Cc1ccc(NCC(F)(F)c2cccc[n+]2[O-])c(F)c1CC(=O)NCCONC(=N)N. The summed E-state index contributed by atoms with van der Waals surface area (Å²) in [6.45, 7) is -1.14. The Balaban J connectivity index is 0.00000544. The first-order valence-electron chi connectivity index (χ1n) is 9.16. The number of alkyl halides is 2. The number of benzene rings is 1. The van der Waals surface area contributed by atoms with E-state index in [4.69, 9.17) is 16.0 Å². The van der Waals surface area contributed by atoms with E-state index in [0.29, 0.717) is 0 Å². The van der Waals surface area contributed by atoms with Gasteiger partial charge in [0.15, 0.2) is 12.0 Å². The van der Waals surface area contributed by atoms with Crippen molar-refractivity contribution in [1.29, 1.82) is 10.7 Å². The van der Waals surface area contributed by atoms with Crippen molar-refractivity contribution in [3.8, 4) is 6.07 Å². The summed E-state index contributed by atoms with van der Waals surface area (Å²) in [6.07, 6.45) is 0.392. The molecular weight excluding hydrogens is 467 g/mol. The molecule has 6 N–H and O–H groups in total. The second-order valence-corrected chi connectivity index (χ2v) is 6.43. The van der Waals surface area contributed by atoms with Gasteiger partial charge >= 0.3 is 5.92 Å². The maximum Gasteiger partial charge on any atom is 0.347 e. The first kappa shape index (κ1) is 27.3. The maximum atomic E-state index is 14.9. The van der Waals surface area contributed by atoms with Crippen LogP contribution < -0.4 is 26.6 Å². The molecule has 0 spiro atoms. The van der Waals surface area contributed by atoms with Gasteiger partial charge in [0.05, 0.1) is 36.9 Å². The highest BCUT2D eigenvalue weighted by Gasteiger charge is 2.39. The van der Waals surface area contributed by atoms with Crippen LogP contribution in [0.4, 0.5) is 18.9 Å². The van der Waals surface area contributed by atoms with E-state index in [1.807, 2.05) is 0 Å². The van der Waals surface area contributed by atoms with Gasteiger partial charge in [-0.3, -0.25) is 15.0 Å². The monoisotopic (exact) mass is 487 g/mol. The number of nitrogens with two attached hydrogens (primary N) is 1. The molecule has 14 heteroatoms. The largest absolute Gasteiger partial charge is 0.618 e. The third-order valence-corrected chi connectivity index (χ3v) is 4.11. The zero-order chi connectivity index (χ0) is 23.7. The lowest BCUT2D eigenvalue weighted by Gasteiger charge is -2.18. The van der Waals surface area contributed by atoms with Crippen molar-refractivity contribution in [2.45, 2.75) is 12.3 Å². The molecule has 0 aliphatic heterocycles. The minimum atomic E-state index is -3.62. The van der Waals surface area contributed by atoms with Crippen molar-refractivity contribution < 1.29 is 27.5 Å². The number of carbonyl (C=O) groups excluding carboxylic acids is 1. The van der Waals surface area contributed by atoms with Gasteiger partial charge < -0.3 is 21.6 Å². The van der Waals surface area contributed by atoms with Gasteiger partial charge in [0.2, 0.25) is 11.9 Å². The Kier molecular flexibility index (Phi) is 10.2. The number of hydrogen-bond donors (Lipinski definition) is 5. The van der Waals surface area contributed by atoms with Gasteiger partial charge in [0.25, 0.3) is 5.69 Å². The van der Waals surface area contributed by atoms with E-state index in [9.17, 15) is 28.4 Å². The molecule has 1 heterocycles. The van der Waals surface area contributed by atoms with Gasteiger partial charge in [-0.15, -0.1) is 12.4 Å². The van der Waals surface area contributed by atoms with Crippen LogP contribution in [-0.2, 0) is 22.0 Å². The van der Waals surface area contributed by atoms with E-state index in [0.717, 1.165) is 18.3 Å². The van der Waals surface area contributed by atoms with Gasteiger partial charge in [0, 0.05) is 24.2 Å². The van der Waals surface area contributed by atoms with Crippen LogP contribution in [0.1, 0.15) is 16.8 Å². The molecule has 178 valence electrons. The van der Waals surface area contributed by atoms with Gasteiger partial charge in [-0.1, -0.05) is 0 Å². The lowest BCUT2D eigenvalue weighted by molar-refractivity contribution is -0.624. The molecule has 0 saturated carbocycles. The summed E-state index contributed by atoms with van der Waals surface area (Å²) in [5.74, 6) is -5.72. The fraction of sp³-hybridized carbons (Fsp3) is 0.263. The van der Waals surface area contributed by atoms with E-state index in [-0.39, 0.29) is 47.1 Å². The number of rotatable bonds is 10. The first-order valence-corrected chi connectivity index (χ1v) is 9.16. The number of halogens is 4. The summed E-state index contributed by atoms with van der Waals surface area (Å²) in [4.78, 5) is 16.8. The number of pyridine rings is 1. The number of guanidine groups is 1. The van der Waals surface area contributed by atoms with Crippen LogP contribution in [0, 0.1) is 27.8 Å². The number of nitrogens with zero attached hydrogens (tertiary/aromatic N) is 2. The molecular formula is C19H21ClF3N7O3. The van der Waals surface area contributed by atoms with Crippen LogP contribution in [0.3, 0.4) is 0 Å². The van der Waals surface area contributed by atoms with Gasteiger partial charge in [-0.25, -0.2) is 9.87 Å². The van der Waals surface area contributed by atoms with Crippen LogP contribution in [0.25, 0.3) is 0 Å². The summed E-state index contributed by atoms with van der Waals surface area (Å²) in [5, 5.41) is 32.3. The number of aromatic nitrogens is 1. The topological polar surface area (TPSA) is 163 Å². The Morgan fingerprint density at radius 3 is 2.70 bits per heavy atom. The minimum absolute atomic E-state index is 0. The van der Waals surface area contributed by atoms with Gasteiger partial charge in [-0.2, -0.15) is 18.8 Å². The molecule has 0 saturated heterocycles. The highest BCUT2D eigenvalue weighted by atomic mass is 35.5. The maximum absolute atomic E-state index is 14.9. The van der Waals surface area contributed by atoms with Gasteiger partial charge in [-0.05, 0) is 18.2 Å². The quantitative estimate of drug-likeness (QED) is 0.0834. The third kappa shape index (κ3) is 7.70. The summed E-state index contributed by atoms with van der Waals surface area (Å²) in [7, 11) is 0. The molecule has 0 fully saturated rings. The Morgan fingerprint density at radius 1 is 1.33 bits per heavy atom. The Bertz CT molecular complexity index is 1030. The number of hydrogen-bond acceptors (Lipinski definition) is 6. The van der Waals surface area contributed by atoms with Crippen molar-refractivity contribution in [1.82, 2.24) is 10.8 Å². The minimum Gasteiger partial charge on any atom is -0.618 e. The summed E-state index contributed by atoms with van der Waals surface area (Å²) >= 11 is 0. The number of nitrogens with one attached hydrogen (secondary N) is 4. The van der Waals surface area contributed by atoms with E-state index in [1.54, 1.807) is 6.07 Å². The molecule has 0 bridgehead atoms. The average Bonchev–Trinajstić information content (AvgIpc) is 2.74. The predicted octanol–water partition coefficient (Wildman–Crippen LogP) is 1.03. The molecule has 0 aliphatic rings. The summed E-state index contributed by atoms with van der Waals surface area (Å²) in [6, 6.07) is 7.57. The van der Waals surface area contributed by atoms with E-state index >= 15 is 0 Å². The molecule has 10 nitrogen and oxygen atoms in total. The number of anilines is 1. The highest BCUT2D eigenvalue weighted by Crippen LogP contribution is 2.28. The van der Waals surface area contributed by atoms with Gasteiger partial charge in [0.1, 0.15) is 0 Å². The molecule has 0 aliphatic carbocycles. The molecule has 1 amide bonds.